The molecule has 1 N–H and O–H groups in total. The molecule has 1 fully saturated rings. The molecule has 0 aromatic rings. The van der Waals surface area contributed by atoms with E-state index in [4.69, 9.17) is 9.47 Å². The van der Waals surface area contributed by atoms with E-state index in [1.165, 1.54) is 0 Å². The summed E-state index contributed by atoms with van der Waals surface area (Å²) in [5, 5.41) is 9.54. The smallest absolute Gasteiger partial charge is 0.308 e. The van der Waals surface area contributed by atoms with Gasteiger partial charge in [-0.1, -0.05) is 66.2 Å². The molecule has 6 nitrogen and oxygen atoms in total. The average Bonchev–Trinajstić information content (AvgIpc) is 2.78. The van der Waals surface area contributed by atoms with E-state index < -0.39 is 23.7 Å². The van der Waals surface area contributed by atoms with Crippen LogP contribution in [0.5, 0.6) is 0 Å². The fourth-order valence-corrected chi connectivity index (χ4v) is 4.34. The van der Waals surface area contributed by atoms with Crippen molar-refractivity contribution in [3.05, 3.63) is 0 Å². The van der Waals surface area contributed by atoms with Crippen molar-refractivity contribution in [3.63, 3.8) is 0 Å². The lowest BCUT2D eigenvalue weighted by atomic mass is 9.75. The number of aliphatic carboxylic acids is 1. The van der Waals surface area contributed by atoms with Gasteiger partial charge >= 0.3 is 17.9 Å². The Morgan fingerprint density at radius 2 is 1.13 bits per heavy atom. The van der Waals surface area contributed by atoms with Gasteiger partial charge in [-0.25, -0.2) is 0 Å². The molecule has 0 radical (unpaired) electrons. The summed E-state index contributed by atoms with van der Waals surface area (Å²) in [6.07, 6.45) is 9.14. The summed E-state index contributed by atoms with van der Waals surface area (Å²) >= 11 is 0. The Balaban J connectivity index is 2.66. The molecule has 1 rings (SSSR count). The third kappa shape index (κ3) is 10.0. The number of hydrogen-bond acceptors (Lipinski definition) is 5. The van der Waals surface area contributed by atoms with E-state index in [2.05, 4.69) is 27.7 Å². The minimum atomic E-state index is -0.959. The number of carboxylic acids is 1. The van der Waals surface area contributed by atoms with Crippen LogP contribution in [0.2, 0.25) is 0 Å². The summed E-state index contributed by atoms with van der Waals surface area (Å²) in [6, 6.07) is 0. The zero-order valence-corrected chi connectivity index (χ0v) is 20.1. The normalized spacial score (nSPS) is 23.0. The molecule has 31 heavy (non-hydrogen) atoms. The van der Waals surface area contributed by atoms with Crippen LogP contribution in [0.1, 0.15) is 98.3 Å². The third-order valence-electron chi connectivity index (χ3n) is 6.73. The van der Waals surface area contributed by atoms with E-state index in [0.717, 1.165) is 51.4 Å². The Kier molecular flexibility index (Phi) is 13.5. The number of esters is 2. The van der Waals surface area contributed by atoms with E-state index in [1.54, 1.807) is 0 Å². The lowest BCUT2D eigenvalue weighted by Crippen LogP contribution is -2.37. The largest absolute Gasteiger partial charge is 0.481 e. The van der Waals surface area contributed by atoms with Crippen LogP contribution in [-0.4, -0.2) is 36.2 Å². The lowest BCUT2D eigenvalue weighted by Gasteiger charge is -2.31. The van der Waals surface area contributed by atoms with Gasteiger partial charge in [0, 0.05) is 0 Å². The van der Waals surface area contributed by atoms with Crippen molar-refractivity contribution in [2.45, 2.75) is 98.3 Å². The van der Waals surface area contributed by atoms with Crippen LogP contribution in [0.25, 0.3) is 0 Å². The number of carbonyl (C=O) groups is 3. The molecular formula is C25H44O6. The van der Waals surface area contributed by atoms with Gasteiger partial charge in [-0.3, -0.25) is 14.4 Å². The number of hydrogen-bond donors (Lipinski definition) is 1. The molecule has 4 atom stereocenters. The Bertz CT molecular complexity index is 506. The highest BCUT2D eigenvalue weighted by Crippen LogP contribution is 2.35. The minimum absolute atomic E-state index is 0.234. The van der Waals surface area contributed by atoms with Crippen LogP contribution < -0.4 is 0 Å². The molecule has 6 heteroatoms. The highest BCUT2D eigenvalue weighted by molar-refractivity contribution is 5.79. The van der Waals surface area contributed by atoms with Gasteiger partial charge in [0.15, 0.2) is 0 Å². The van der Waals surface area contributed by atoms with Gasteiger partial charge in [-0.05, 0) is 43.9 Å². The van der Waals surface area contributed by atoms with E-state index in [-0.39, 0.29) is 24.8 Å². The second-order valence-electron chi connectivity index (χ2n) is 9.23. The van der Waals surface area contributed by atoms with Crippen molar-refractivity contribution in [3.8, 4) is 0 Å². The molecule has 1 aliphatic carbocycles. The fourth-order valence-electron chi connectivity index (χ4n) is 4.34. The Morgan fingerprint density at radius 1 is 0.742 bits per heavy atom. The summed E-state index contributed by atoms with van der Waals surface area (Å²) in [6.45, 7) is 9.19. The maximum atomic E-state index is 12.7. The van der Waals surface area contributed by atoms with Crippen LogP contribution in [0.3, 0.4) is 0 Å². The summed E-state index contributed by atoms with van der Waals surface area (Å²) in [4.78, 5) is 37.0. The second-order valence-corrected chi connectivity index (χ2v) is 9.23. The van der Waals surface area contributed by atoms with Crippen LogP contribution >= 0.6 is 0 Å². The van der Waals surface area contributed by atoms with Crippen molar-refractivity contribution < 1.29 is 29.0 Å². The average molecular weight is 441 g/mol. The van der Waals surface area contributed by atoms with Crippen LogP contribution in [0.4, 0.5) is 0 Å². The highest BCUT2D eigenvalue weighted by Gasteiger charge is 2.40. The van der Waals surface area contributed by atoms with Crippen molar-refractivity contribution in [1.29, 1.82) is 0 Å². The van der Waals surface area contributed by atoms with Crippen LogP contribution in [0.15, 0.2) is 0 Å². The van der Waals surface area contributed by atoms with Gasteiger partial charge < -0.3 is 14.6 Å². The predicted octanol–water partition coefficient (Wildman–Crippen LogP) is 5.62. The van der Waals surface area contributed by atoms with Crippen LogP contribution in [0, 0.1) is 29.6 Å². The van der Waals surface area contributed by atoms with Gasteiger partial charge in [0.1, 0.15) is 0 Å². The SMILES string of the molecule is CCCCC(CC)COC(=O)C1CC(C(=O)O)CC(C(=O)OCC(CC)CCCC)C1. The molecule has 4 unspecified atom stereocenters. The van der Waals surface area contributed by atoms with Crippen molar-refractivity contribution >= 4 is 17.9 Å². The van der Waals surface area contributed by atoms with Crippen molar-refractivity contribution in [2.24, 2.45) is 29.6 Å². The first-order valence-corrected chi connectivity index (χ1v) is 12.4. The van der Waals surface area contributed by atoms with Crippen molar-refractivity contribution in [1.82, 2.24) is 0 Å². The zero-order chi connectivity index (χ0) is 23.2. The Labute approximate surface area is 188 Å². The molecule has 0 aliphatic heterocycles. The molecule has 0 saturated heterocycles. The monoisotopic (exact) mass is 440 g/mol. The predicted molar refractivity (Wildman–Crippen MR) is 120 cm³/mol. The van der Waals surface area contributed by atoms with E-state index in [1.807, 2.05) is 0 Å². The molecule has 1 aliphatic rings. The van der Waals surface area contributed by atoms with E-state index in [9.17, 15) is 19.5 Å². The molecule has 1 saturated carbocycles. The van der Waals surface area contributed by atoms with E-state index >= 15 is 0 Å². The standard InChI is InChI=1S/C25H44O6/c1-5-9-11-18(7-3)16-30-24(28)21-13-20(23(26)27)14-22(15-21)25(29)31-17-19(8-4)12-10-6-2/h18-22H,5-17H2,1-4H3,(H,26,27). The molecule has 180 valence electrons. The quantitative estimate of drug-likeness (QED) is 0.332. The number of rotatable bonds is 15. The molecule has 0 heterocycles. The fraction of sp³-hybridized carbons (Fsp3) is 0.880. The molecular weight excluding hydrogens is 396 g/mol. The van der Waals surface area contributed by atoms with Gasteiger partial charge in [-0.15, -0.1) is 0 Å². The summed E-state index contributed by atoms with van der Waals surface area (Å²) in [5.41, 5.74) is 0. The van der Waals surface area contributed by atoms with Gasteiger partial charge in [0.2, 0.25) is 0 Å². The van der Waals surface area contributed by atoms with Gasteiger partial charge in [-0.2, -0.15) is 0 Å². The maximum Gasteiger partial charge on any atom is 0.308 e. The van der Waals surface area contributed by atoms with Crippen molar-refractivity contribution in [2.75, 3.05) is 13.2 Å². The number of ether oxygens (including phenoxy) is 2. The number of unbranched alkanes of at least 4 members (excludes halogenated alkanes) is 2. The first-order chi connectivity index (χ1) is 14.9. The third-order valence-corrected chi connectivity index (χ3v) is 6.73. The Morgan fingerprint density at radius 3 is 1.45 bits per heavy atom. The second kappa shape index (κ2) is 15.3. The van der Waals surface area contributed by atoms with Gasteiger partial charge in [0.25, 0.3) is 0 Å². The first kappa shape index (κ1) is 27.4. The minimum Gasteiger partial charge on any atom is -0.481 e. The molecule has 0 aromatic carbocycles. The summed E-state index contributed by atoms with van der Waals surface area (Å²) in [7, 11) is 0. The molecule has 0 bridgehead atoms. The number of carboxylic acid groups (broad SMARTS) is 1. The molecule has 0 amide bonds. The number of carbonyl (C=O) groups excluding carboxylic acids is 2. The topological polar surface area (TPSA) is 89.9 Å². The highest BCUT2D eigenvalue weighted by atomic mass is 16.5. The van der Waals surface area contributed by atoms with Crippen LogP contribution in [-0.2, 0) is 23.9 Å². The summed E-state index contributed by atoms with van der Waals surface area (Å²) < 4.78 is 11.1. The van der Waals surface area contributed by atoms with Gasteiger partial charge in [0.05, 0.1) is 31.0 Å². The Hall–Kier alpha value is -1.59. The summed E-state index contributed by atoms with van der Waals surface area (Å²) in [5.74, 6) is -2.86. The molecule has 0 spiro atoms. The maximum absolute atomic E-state index is 12.7. The van der Waals surface area contributed by atoms with E-state index in [0.29, 0.717) is 31.5 Å². The zero-order valence-electron chi connectivity index (χ0n) is 20.1. The molecule has 0 aromatic heterocycles. The lowest BCUT2D eigenvalue weighted by molar-refractivity contribution is -0.160. The first-order valence-electron chi connectivity index (χ1n) is 12.4.